The molecule has 0 bridgehead atoms. The van der Waals surface area contributed by atoms with Gasteiger partial charge in [-0.1, -0.05) is 35.4 Å². The molecule has 0 saturated carbocycles. The predicted octanol–water partition coefficient (Wildman–Crippen LogP) is 1.75. The zero-order valence-corrected chi connectivity index (χ0v) is 11.7. The highest BCUT2D eigenvalue weighted by Crippen LogP contribution is 2.28. The molecule has 1 heterocycles. The average molecular weight is 289 g/mol. The Hall–Kier alpha value is -2.70. The van der Waals surface area contributed by atoms with Crippen molar-refractivity contribution in [2.45, 2.75) is 25.7 Å². The molecule has 0 fully saturated rings. The van der Waals surface area contributed by atoms with E-state index in [1.54, 1.807) is 37.3 Å². The van der Waals surface area contributed by atoms with E-state index in [1.165, 1.54) is 6.92 Å². The van der Waals surface area contributed by atoms with Crippen molar-refractivity contribution >= 4 is 17.9 Å². The minimum absolute atomic E-state index is 0.0432. The Morgan fingerprint density at radius 3 is 2.48 bits per heavy atom. The van der Waals surface area contributed by atoms with Crippen LogP contribution in [0.5, 0.6) is 0 Å². The lowest BCUT2D eigenvalue weighted by molar-refractivity contribution is -0.145. The maximum absolute atomic E-state index is 12.0. The van der Waals surface area contributed by atoms with Gasteiger partial charge in [0.15, 0.2) is 0 Å². The molecule has 21 heavy (non-hydrogen) atoms. The van der Waals surface area contributed by atoms with Crippen LogP contribution < -0.4 is 5.32 Å². The standard InChI is InChI=1S/C14H15N3O4/c1-9-16-17-13(21-9)15-11(18)8-14(2,12(19)20)10-6-4-3-5-7-10/h3-7H,8H2,1-2H3,(H,19,20)(H,15,17,18). The molecule has 2 rings (SSSR count). The van der Waals surface area contributed by atoms with Crippen LogP contribution in [-0.4, -0.2) is 27.2 Å². The summed E-state index contributed by atoms with van der Waals surface area (Å²) in [4.78, 5) is 23.6. The maximum atomic E-state index is 12.0. The molecule has 1 amide bonds. The van der Waals surface area contributed by atoms with E-state index in [-0.39, 0.29) is 12.4 Å². The van der Waals surface area contributed by atoms with Gasteiger partial charge in [0.2, 0.25) is 11.8 Å². The van der Waals surface area contributed by atoms with Gasteiger partial charge in [-0.3, -0.25) is 14.9 Å². The minimum atomic E-state index is -1.33. The molecule has 0 aliphatic carbocycles. The lowest BCUT2D eigenvalue weighted by Gasteiger charge is -2.24. The molecule has 1 unspecified atom stereocenters. The van der Waals surface area contributed by atoms with Crippen LogP contribution in [0.4, 0.5) is 6.01 Å². The molecule has 1 aromatic heterocycles. The molecule has 7 nitrogen and oxygen atoms in total. The van der Waals surface area contributed by atoms with Gasteiger partial charge in [0, 0.05) is 13.3 Å². The monoisotopic (exact) mass is 289 g/mol. The van der Waals surface area contributed by atoms with Crippen molar-refractivity contribution in [3.05, 3.63) is 41.8 Å². The lowest BCUT2D eigenvalue weighted by Crippen LogP contribution is -2.36. The molecule has 0 aliphatic heterocycles. The molecule has 0 aliphatic rings. The van der Waals surface area contributed by atoms with Gasteiger partial charge in [-0.15, -0.1) is 5.10 Å². The number of carbonyl (C=O) groups is 2. The second kappa shape index (κ2) is 5.74. The van der Waals surface area contributed by atoms with Crippen molar-refractivity contribution in [2.75, 3.05) is 5.32 Å². The van der Waals surface area contributed by atoms with Gasteiger partial charge in [-0.2, -0.15) is 0 Å². The number of rotatable bonds is 5. The van der Waals surface area contributed by atoms with Gasteiger partial charge in [0.05, 0.1) is 5.41 Å². The summed E-state index contributed by atoms with van der Waals surface area (Å²) in [6.45, 7) is 3.09. The SMILES string of the molecule is Cc1nnc(NC(=O)CC(C)(C(=O)O)c2ccccc2)o1. The molecule has 2 aromatic rings. The summed E-state index contributed by atoms with van der Waals surface area (Å²) >= 11 is 0. The highest BCUT2D eigenvalue weighted by atomic mass is 16.4. The number of aryl methyl sites for hydroxylation is 1. The highest BCUT2D eigenvalue weighted by molar-refractivity contribution is 5.95. The predicted molar refractivity (Wildman–Crippen MR) is 73.7 cm³/mol. The average Bonchev–Trinajstić information content (AvgIpc) is 2.84. The number of carboxylic acids is 1. The number of hydrogen-bond donors (Lipinski definition) is 2. The summed E-state index contributed by atoms with van der Waals surface area (Å²) in [5, 5.41) is 19.1. The molecule has 0 spiro atoms. The van der Waals surface area contributed by atoms with E-state index < -0.39 is 17.3 Å². The van der Waals surface area contributed by atoms with Gasteiger partial charge >= 0.3 is 12.0 Å². The van der Waals surface area contributed by atoms with Gasteiger partial charge < -0.3 is 9.52 Å². The van der Waals surface area contributed by atoms with Crippen molar-refractivity contribution < 1.29 is 19.1 Å². The van der Waals surface area contributed by atoms with Crippen LogP contribution in [0.1, 0.15) is 24.8 Å². The Bertz CT molecular complexity index is 653. The molecular weight excluding hydrogens is 274 g/mol. The fourth-order valence-electron chi connectivity index (χ4n) is 1.94. The summed E-state index contributed by atoms with van der Waals surface area (Å²) in [6, 6.07) is 8.56. The topological polar surface area (TPSA) is 105 Å². The third-order valence-electron chi connectivity index (χ3n) is 3.17. The van der Waals surface area contributed by atoms with Gasteiger partial charge in [0.1, 0.15) is 0 Å². The van der Waals surface area contributed by atoms with Crippen LogP contribution in [0.15, 0.2) is 34.7 Å². The number of nitrogens with one attached hydrogen (secondary N) is 1. The van der Waals surface area contributed by atoms with Crippen LogP contribution >= 0.6 is 0 Å². The number of benzene rings is 1. The van der Waals surface area contributed by atoms with E-state index in [2.05, 4.69) is 15.5 Å². The summed E-state index contributed by atoms with van der Waals surface area (Å²) in [5.41, 5.74) is -0.783. The van der Waals surface area contributed by atoms with E-state index in [4.69, 9.17) is 4.42 Å². The Morgan fingerprint density at radius 2 is 1.95 bits per heavy atom. The first-order valence-electron chi connectivity index (χ1n) is 6.31. The zero-order chi connectivity index (χ0) is 15.5. The van der Waals surface area contributed by atoms with E-state index >= 15 is 0 Å². The first-order chi connectivity index (χ1) is 9.91. The number of carboxylic acid groups (broad SMARTS) is 1. The van der Waals surface area contributed by atoms with Crippen LogP contribution in [0.2, 0.25) is 0 Å². The molecule has 1 atom stereocenters. The first-order valence-corrected chi connectivity index (χ1v) is 6.31. The summed E-state index contributed by atoms with van der Waals surface area (Å²) < 4.78 is 5.03. The van der Waals surface area contributed by atoms with Crippen molar-refractivity contribution in [2.24, 2.45) is 0 Å². The van der Waals surface area contributed by atoms with E-state index in [1.807, 2.05) is 0 Å². The Kier molecular flexibility index (Phi) is 4.02. The second-order valence-electron chi connectivity index (χ2n) is 4.85. The largest absolute Gasteiger partial charge is 0.481 e. The summed E-state index contributed by atoms with van der Waals surface area (Å²) in [5.74, 6) is -1.27. The number of amides is 1. The molecule has 7 heteroatoms. The first kappa shape index (κ1) is 14.7. The molecular formula is C14H15N3O4. The fourth-order valence-corrected chi connectivity index (χ4v) is 1.94. The van der Waals surface area contributed by atoms with E-state index in [0.29, 0.717) is 11.5 Å². The molecule has 0 saturated heterocycles. The fraction of sp³-hybridized carbons (Fsp3) is 0.286. The smallest absolute Gasteiger partial charge is 0.322 e. The molecule has 0 radical (unpaired) electrons. The van der Waals surface area contributed by atoms with Crippen LogP contribution in [-0.2, 0) is 15.0 Å². The van der Waals surface area contributed by atoms with Crippen molar-refractivity contribution in [1.29, 1.82) is 0 Å². The molecule has 2 N–H and O–H groups in total. The third-order valence-corrected chi connectivity index (χ3v) is 3.17. The third kappa shape index (κ3) is 3.25. The minimum Gasteiger partial charge on any atom is -0.481 e. The highest BCUT2D eigenvalue weighted by Gasteiger charge is 2.37. The van der Waals surface area contributed by atoms with Gasteiger partial charge in [-0.05, 0) is 12.5 Å². The normalized spacial score (nSPS) is 13.4. The summed E-state index contributed by atoms with van der Waals surface area (Å²) in [6.07, 6.45) is -0.242. The maximum Gasteiger partial charge on any atom is 0.322 e. The van der Waals surface area contributed by atoms with E-state index in [0.717, 1.165) is 0 Å². The van der Waals surface area contributed by atoms with Crippen molar-refractivity contribution in [1.82, 2.24) is 10.2 Å². The van der Waals surface area contributed by atoms with Crippen molar-refractivity contribution in [3.63, 3.8) is 0 Å². The molecule has 110 valence electrons. The quantitative estimate of drug-likeness (QED) is 0.868. The van der Waals surface area contributed by atoms with Gasteiger partial charge in [-0.25, -0.2) is 0 Å². The number of nitrogens with zero attached hydrogens (tertiary/aromatic N) is 2. The second-order valence-corrected chi connectivity index (χ2v) is 4.85. The number of hydrogen-bond acceptors (Lipinski definition) is 5. The zero-order valence-electron chi connectivity index (χ0n) is 11.7. The number of carbonyl (C=O) groups excluding carboxylic acids is 1. The Balaban J connectivity index is 2.17. The Labute approximate surface area is 121 Å². The lowest BCUT2D eigenvalue weighted by atomic mass is 9.79. The van der Waals surface area contributed by atoms with Crippen LogP contribution in [0.25, 0.3) is 0 Å². The van der Waals surface area contributed by atoms with Crippen molar-refractivity contribution in [3.8, 4) is 0 Å². The van der Waals surface area contributed by atoms with Crippen LogP contribution in [0, 0.1) is 6.92 Å². The molecule has 1 aromatic carbocycles. The van der Waals surface area contributed by atoms with Crippen LogP contribution in [0.3, 0.4) is 0 Å². The van der Waals surface area contributed by atoms with E-state index in [9.17, 15) is 14.7 Å². The Morgan fingerprint density at radius 1 is 1.29 bits per heavy atom. The number of aromatic nitrogens is 2. The number of aliphatic carboxylic acids is 1. The number of anilines is 1. The van der Waals surface area contributed by atoms with Gasteiger partial charge in [0.25, 0.3) is 0 Å². The summed E-state index contributed by atoms with van der Waals surface area (Å²) in [7, 11) is 0.